The van der Waals surface area contributed by atoms with Crippen molar-refractivity contribution >= 4 is 0 Å². The van der Waals surface area contributed by atoms with Crippen LogP contribution in [0.3, 0.4) is 0 Å². The van der Waals surface area contributed by atoms with Gasteiger partial charge in [-0.25, -0.2) is 4.98 Å². The number of nitrogens with two attached hydrogens (primary N) is 1. The maximum absolute atomic E-state index is 6.12. The first kappa shape index (κ1) is 10.9. The molecule has 0 aliphatic carbocycles. The quantitative estimate of drug-likeness (QED) is 0.855. The topological polar surface area (TPSA) is 43.8 Å². The summed E-state index contributed by atoms with van der Waals surface area (Å²) in [5.74, 6) is 0.982. The van der Waals surface area contributed by atoms with E-state index in [0.29, 0.717) is 0 Å². The molecule has 1 heterocycles. The fourth-order valence-electron chi connectivity index (χ4n) is 1.87. The van der Waals surface area contributed by atoms with Crippen LogP contribution in [-0.4, -0.2) is 9.55 Å². The van der Waals surface area contributed by atoms with E-state index in [1.165, 1.54) is 5.56 Å². The molecule has 2 N–H and O–H groups in total. The predicted octanol–water partition coefficient (Wildman–Crippen LogP) is 2.59. The summed E-state index contributed by atoms with van der Waals surface area (Å²) in [6, 6.07) is 8.31. The van der Waals surface area contributed by atoms with Crippen molar-refractivity contribution in [3.05, 3.63) is 48.0 Å². The number of aryl methyl sites for hydroxylation is 1. The van der Waals surface area contributed by atoms with Gasteiger partial charge >= 0.3 is 0 Å². The van der Waals surface area contributed by atoms with Gasteiger partial charge in [-0.05, 0) is 25.0 Å². The molecule has 0 radical (unpaired) electrons. The Morgan fingerprint density at radius 3 is 2.75 bits per heavy atom. The fourth-order valence-corrected chi connectivity index (χ4v) is 1.87. The van der Waals surface area contributed by atoms with Crippen molar-refractivity contribution in [1.82, 2.24) is 9.55 Å². The summed E-state index contributed by atoms with van der Waals surface area (Å²) in [6.45, 7) is 4.09. The first-order valence-corrected chi connectivity index (χ1v) is 5.59. The molecule has 3 heteroatoms. The highest BCUT2D eigenvalue weighted by Gasteiger charge is 2.10. The minimum absolute atomic E-state index is 0.0815. The van der Waals surface area contributed by atoms with Crippen LogP contribution < -0.4 is 5.73 Å². The van der Waals surface area contributed by atoms with E-state index in [1.807, 2.05) is 31.5 Å². The van der Waals surface area contributed by atoms with Crippen molar-refractivity contribution in [3.8, 4) is 5.69 Å². The van der Waals surface area contributed by atoms with Gasteiger partial charge in [-0.1, -0.05) is 25.1 Å². The van der Waals surface area contributed by atoms with Crippen LogP contribution in [-0.2, 0) is 0 Å². The number of hydrogen-bond acceptors (Lipinski definition) is 2. The highest BCUT2D eigenvalue weighted by Crippen LogP contribution is 2.22. The van der Waals surface area contributed by atoms with Crippen molar-refractivity contribution in [2.24, 2.45) is 5.73 Å². The number of imidazole rings is 1. The van der Waals surface area contributed by atoms with Crippen LogP contribution >= 0.6 is 0 Å². The van der Waals surface area contributed by atoms with Crippen molar-refractivity contribution in [2.75, 3.05) is 0 Å². The van der Waals surface area contributed by atoms with Gasteiger partial charge in [-0.3, -0.25) is 0 Å². The SMILES string of the molecule is CC[C@H](N)c1ccccc1-n1ccnc1C. The second-order valence-electron chi connectivity index (χ2n) is 3.92. The molecule has 1 aromatic carbocycles. The lowest BCUT2D eigenvalue weighted by Crippen LogP contribution is -2.12. The van der Waals surface area contributed by atoms with E-state index >= 15 is 0 Å². The largest absolute Gasteiger partial charge is 0.324 e. The molecule has 0 fully saturated rings. The Balaban J connectivity index is 2.53. The van der Waals surface area contributed by atoms with Gasteiger partial charge in [-0.2, -0.15) is 0 Å². The third-order valence-corrected chi connectivity index (χ3v) is 2.86. The Hall–Kier alpha value is -1.61. The number of nitrogens with zero attached hydrogens (tertiary/aromatic N) is 2. The smallest absolute Gasteiger partial charge is 0.110 e. The lowest BCUT2D eigenvalue weighted by Gasteiger charge is -2.16. The molecule has 0 aliphatic rings. The molecule has 0 aliphatic heterocycles. The Labute approximate surface area is 95.9 Å². The van der Waals surface area contributed by atoms with E-state index in [2.05, 4.69) is 28.6 Å². The second kappa shape index (κ2) is 4.49. The van der Waals surface area contributed by atoms with Gasteiger partial charge in [-0.15, -0.1) is 0 Å². The van der Waals surface area contributed by atoms with E-state index in [1.54, 1.807) is 0 Å². The van der Waals surface area contributed by atoms with E-state index in [9.17, 15) is 0 Å². The van der Waals surface area contributed by atoms with Crippen molar-refractivity contribution in [2.45, 2.75) is 26.3 Å². The molecule has 1 atom stereocenters. The van der Waals surface area contributed by atoms with Crippen LogP contribution in [0, 0.1) is 6.92 Å². The molecular formula is C13H17N3. The molecule has 84 valence electrons. The number of aromatic nitrogens is 2. The average Bonchev–Trinajstić information content (AvgIpc) is 2.74. The van der Waals surface area contributed by atoms with Crippen LogP contribution in [0.2, 0.25) is 0 Å². The van der Waals surface area contributed by atoms with Crippen LogP contribution in [0.4, 0.5) is 0 Å². The van der Waals surface area contributed by atoms with Crippen LogP contribution in [0.25, 0.3) is 5.69 Å². The summed E-state index contributed by atoms with van der Waals surface area (Å²) < 4.78 is 2.07. The summed E-state index contributed by atoms with van der Waals surface area (Å²) in [4.78, 5) is 4.24. The summed E-state index contributed by atoms with van der Waals surface area (Å²) in [5.41, 5.74) is 8.42. The maximum Gasteiger partial charge on any atom is 0.110 e. The maximum atomic E-state index is 6.12. The van der Waals surface area contributed by atoms with E-state index in [-0.39, 0.29) is 6.04 Å². The Bertz CT molecular complexity index is 474. The van der Waals surface area contributed by atoms with Crippen LogP contribution in [0.15, 0.2) is 36.7 Å². The molecule has 0 saturated carbocycles. The Morgan fingerprint density at radius 2 is 2.12 bits per heavy atom. The number of para-hydroxylation sites is 1. The van der Waals surface area contributed by atoms with Crippen LogP contribution in [0.1, 0.15) is 30.8 Å². The first-order chi connectivity index (χ1) is 7.74. The van der Waals surface area contributed by atoms with Gasteiger partial charge in [0.2, 0.25) is 0 Å². The number of hydrogen-bond donors (Lipinski definition) is 1. The number of benzene rings is 1. The predicted molar refractivity (Wildman–Crippen MR) is 65.5 cm³/mol. The monoisotopic (exact) mass is 215 g/mol. The molecule has 0 saturated heterocycles. The lowest BCUT2D eigenvalue weighted by molar-refractivity contribution is 0.691. The molecule has 16 heavy (non-hydrogen) atoms. The van der Waals surface area contributed by atoms with Gasteiger partial charge in [0.1, 0.15) is 5.82 Å². The lowest BCUT2D eigenvalue weighted by atomic mass is 10.0. The molecule has 0 amide bonds. The molecule has 0 bridgehead atoms. The molecule has 3 nitrogen and oxygen atoms in total. The van der Waals surface area contributed by atoms with Gasteiger partial charge in [0, 0.05) is 18.4 Å². The minimum atomic E-state index is 0.0815. The summed E-state index contributed by atoms with van der Waals surface area (Å²) in [7, 11) is 0. The van der Waals surface area contributed by atoms with Crippen LogP contribution in [0.5, 0.6) is 0 Å². The third kappa shape index (κ3) is 1.86. The molecular weight excluding hydrogens is 198 g/mol. The zero-order valence-corrected chi connectivity index (χ0v) is 9.72. The van der Waals surface area contributed by atoms with Gasteiger partial charge < -0.3 is 10.3 Å². The van der Waals surface area contributed by atoms with Crippen molar-refractivity contribution in [3.63, 3.8) is 0 Å². The Kier molecular flexibility index (Phi) is 3.06. The van der Waals surface area contributed by atoms with Gasteiger partial charge in [0.05, 0.1) is 5.69 Å². The van der Waals surface area contributed by atoms with Crippen molar-refractivity contribution < 1.29 is 0 Å². The number of rotatable bonds is 3. The molecule has 0 spiro atoms. The highest BCUT2D eigenvalue weighted by molar-refractivity contribution is 5.43. The standard InChI is InChI=1S/C13H17N3/c1-3-12(14)11-6-4-5-7-13(11)16-9-8-15-10(16)2/h4-9,12H,3,14H2,1-2H3/t12-/m0/s1. The summed E-state index contributed by atoms with van der Waals surface area (Å²) in [5, 5.41) is 0. The second-order valence-corrected chi connectivity index (χ2v) is 3.92. The molecule has 2 rings (SSSR count). The summed E-state index contributed by atoms with van der Waals surface area (Å²) >= 11 is 0. The summed E-state index contributed by atoms with van der Waals surface area (Å²) in [6.07, 6.45) is 4.71. The fraction of sp³-hybridized carbons (Fsp3) is 0.308. The molecule has 0 unspecified atom stereocenters. The van der Waals surface area contributed by atoms with E-state index in [4.69, 9.17) is 5.73 Å². The van der Waals surface area contributed by atoms with Gasteiger partial charge in [0.15, 0.2) is 0 Å². The molecule has 2 aromatic rings. The minimum Gasteiger partial charge on any atom is -0.324 e. The third-order valence-electron chi connectivity index (χ3n) is 2.86. The highest BCUT2D eigenvalue weighted by atomic mass is 15.1. The zero-order valence-electron chi connectivity index (χ0n) is 9.72. The van der Waals surface area contributed by atoms with E-state index < -0.39 is 0 Å². The average molecular weight is 215 g/mol. The molecule has 1 aromatic heterocycles. The van der Waals surface area contributed by atoms with E-state index in [0.717, 1.165) is 17.9 Å². The first-order valence-electron chi connectivity index (χ1n) is 5.59. The normalized spacial score (nSPS) is 12.7. The van der Waals surface area contributed by atoms with Gasteiger partial charge in [0.25, 0.3) is 0 Å². The van der Waals surface area contributed by atoms with Crippen molar-refractivity contribution in [1.29, 1.82) is 0 Å². The Morgan fingerprint density at radius 1 is 1.38 bits per heavy atom. The zero-order chi connectivity index (χ0) is 11.5.